The van der Waals surface area contributed by atoms with Crippen molar-refractivity contribution in [3.05, 3.63) is 10.4 Å². The second kappa shape index (κ2) is 10.2. The van der Waals surface area contributed by atoms with Gasteiger partial charge in [0.1, 0.15) is 12.6 Å². The highest BCUT2D eigenvalue weighted by Crippen LogP contribution is 2.48. The number of β-lactam (4-membered cyclic amide) rings is 1. The van der Waals surface area contributed by atoms with Crippen LogP contribution in [0.3, 0.4) is 0 Å². The predicted molar refractivity (Wildman–Crippen MR) is 86.7 cm³/mol. The number of aliphatic hydroxyl groups excluding tert-OH is 1. The van der Waals surface area contributed by atoms with Crippen LogP contribution < -0.4 is 0 Å². The maximum absolute atomic E-state index is 12.3. The van der Waals surface area contributed by atoms with Crippen LogP contribution >= 0.6 is 7.60 Å². The fourth-order valence-corrected chi connectivity index (χ4v) is 3.70. The summed E-state index contributed by atoms with van der Waals surface area (Å²) >= 11 is 0. The first kappa shape index (κ1) is 22.1. The molecule has 12 nitrogen and oxygen atoms in total. The molecule has 2 unspecified atom stereocenters. The quantitative estimate of drug-likeness (QED) is 0.168. The molecule has 0 spiro atoms. The van der Waals surface area contributed by atoms with Gasteiger partial charge in [0.05, 0.1) is 19.3 Å². The van der Waals surface area contributed by atoms with Crippen LogP contribution in [-0.2, 0) is 32.8 Å². The molecule has 1 aliphatic rings. The van der Waals surface area contributed by atoms with Gasteiger partial charge in [0.15, 0.2) is 11.9 Å². The number of Topliss-reactive ketones (excluding diaryl/α,β-unsaturated/α-hetero) is 1. The van der Waals surface area contributed by atoms with Crippen molar-refractivity contribution in [3.63, 3.8) is 0 Å². The standard InChI is InChI=1S/C13H21N4O8P/c1-3-23-26(22,24-4-2)8-11(20)25-17-10(6-5-9(19)7-18)12(13(17)21)15-16-14/h10,12,18H,3-8H2,1-2H3. The summed E-state index contributed by atoms with van der Waals surface area (Å²) in [6, 6.07) is -1.97. The lowest BCUT2D eigenvalue weighted by molar-refractivity contribution is -0.229. The van der Waals surface area contributed by atoms with E-state index in [1.54, 1.807) is 13.8 Å². The first-order valence-electron chi connectivity index (χ1n) is 7.90. The van der Waals surface area contributed by atoms with Crippen molar-refractivity contribution >= 4 is 25.3 Å². The van der Waals surface area contributed by atoms with Crippen LogP contribution in [0.25, 0.3) is 10.4 Å². The Balaban J connectivity index is 2.76. The largest absolute Gasteiger partial charge is 0.389 e. The lowest BCUT2D eigenvalue weighted by Gasteiger charge is -2.42. The van der Waals surface area contributed by atoms with E-state index in [4.69, 9.17) is 24.5 Å². The van der Waals surface area contributed by atoms with Crippen molar-refractivity contribution < 1.29 is 37.9 Å². The number of nitrogens with zero attached hydrogens (tertiary/aromatic N) is 4. The third-order valence-corrected chi connectivity index (χ3v) is 5.33. The number of carbonyl (C=O) groups is 3. The Morgan fingerprint density at radius 1 is 1.35 bits per heavy atom. The van der Waals surface area contributed by atoms with Gasteiger partial charge in [-0.3, -0.25) is 14.2 Å². The van der Waals surface area contributed by atoms with Gasteiger partial charge in [-0.05, 0) is 25.8 Å². The normalized spacial score (nSPS) is 19.5. The number of hydrogen-bond acceptors (Lipinski definition) is 9. The third kappa shape index (κ3) is 5.79. The summed E-state index contributed by atoms with van der Waals surface area (Å²) in [6.07, 6.45) is -0.778. The van der Waals surface area contributed by atoms with E-state index in [1.807, 2.05) is 0 Å². The zero-order valence-electron chi connectivity index (χ0n) is 14.4. The molecule has 146 valence electrons. The monoisotopic (exact) mass is 392 g/mol. The van der Waals surface area contributed by atoms with Crippen LogP contribution in [0.15, 0.2) is 5.11 Å². The van der Waals surface area contributed by atoms with Gasteiger partial charge < -0.3 is 19.0 Å². The van der Waals surface area contributed by atoms with E-state index in [9.17, 15) is 18.9 Å². The van der Waals surface area contributed by atoms with Crippen LogP contribution in [0.5, 0.6) is 0 Å². The lowest BCUT2D eigenvalue weighted by Crippen LogP contribution is -2.64. The van der Waals surface area contributed by atoms with Gasteiger partial charge in [0, 0.05) is 11.3 Å². The van der Waals surface area contributed by atoms with E-state index in [0.717, 1.165) is 0 Å². The van der Waals surface area contributed by atoms with Crippen LogP contribution in [0, 0.1) is 0 Å². The van der Waals surface area contributed by atoms with Gasteiger partial charge in [-0.25, -0.2) is 4.79 Å². The molecule has 0 aromatic carbocycles. The van der Waals surface area contributed by atoms with Crippen molar-refractivity contribution in [1.82, 2.24) is 5.06 Å². The molecule has 2 atom stereocenters. The van der Waals surface area contributed by atoms with Crippen LogP contribution in [-0.4, -0.2) is 65.9 Å². The van der Waals surface area contributed by atoms with Crippen molar-refractivity contribution in [2.45, 2.75) is 38.8 Å². The van der Waals surface area contributed by atoms with Crippen LogP contribution in [0.4, 0.5) is 0 Å². The summed E-state index contributed by atoms with van der Waals surface area (Å²) in [7, 11) is -3.70. The molecule has 0 aromatic rings. The summed E-state index contributed by atoms with van der Waals surface area (Å²) in [5.74, 6) is -2.27. The van der Waals surface area contributed by atoms with E-state index >= 15 is 0 Å². The molecule has 1 rings (SSSR count). The summed E-state index contributed by atoms with van der Waals surface area (Å²) in [6.45, 7) is 2.60. The lowest BCUT2D eigenvalue weighted by atomic mass is 9.93. The molecule has 0 aliphatic carbocycles. The van der Waals surface area contributed by atoms with E-state index in [0.29, 0.717) is 5.06 Å². The van der Waals surface area contributed by atoms with Gasteiger partial charge >= 0.3 is 13.6 Å². The number of rotatable bonds is 12. The Morgan fingerprint density at radius 3 is 2.46 bits per heavy atom. The molecule has 13 heteroatoms. The molecular formula is C13H21N4O8P. The number of carbonyl (C=O) groups excluding carboxylic acids is 3. The van der Waals surface area contributed by atoms with Gasteiger partial charge in [-0.15, -0.1) is 0 Å². The maximum atomic E-state index is 12.3. The van der Waals surface area contributed by atoms with Crippen molar-refractivity contribution in [1.29, 1.82) is 0 Å². The third-order valence-electron chi connectivity index (χ3n) is 3.38. The minimum absolute atomic E-state index is 0.0245. The highest BCUT2D eigenvalue weighted by molar-refractivity contribution is 7.54. The molecule has 0 saturated carbocycles. The van der Waals surface area contributed by atoms with Crippen molar-refractivity contribution in [3.8, 4) is 0 Å². The van der Waals surface area contributed by atoms with E-state index in [2.05, 4.69) is 10.0 Å². The molecule has 1 N–H and O–H groups in total. The summed E-state index contributed by atoms with van der Waals surface area (Å²) in [5, 5.41) is 12.7. The fraction of sp³-hybridized carbons (Fsp3) is 0.769. The van der Waals surface area contributed by atoms with Gasteiger partial charge in [-0.2, -0.15) is 5.06 Å². The predicted octanol–water partition coefficient (Wildman–Crippen LogP) is 0.942. The zero-order valence-corrected chi connectivity index (χ0v) is 15.3. The van der Waals surface area contributed by atoms with Crippen LogP contribution in [0.1, 0.15) is 26.7 Å². The number of amides is 1. The number of azide groups is 1. The minimum Gasteiger partial charge on any atom is -0.389 e. The van der Waals surface area contributed by atoms with E-state index in [1.165, 1.54) is 0 Å². The Labute approximate surface area is 149 Å². The second-order valence-electron chi connectivity index (χ2n) is 5.18. The van der Waals surface area contributed by atoms with E-state index in [-0.39, 0.29) is 26.1 Å². The molecular weight excluding hydrogens is 371 g/mol. The Morgan fingerprint density at radius 2 is 1.96 bits per heavy atom. The first-order valence-corrected chi connectivity index (χ1v) is 9.63. The minimum atomic E-state index is -3.70. The van der Waals surface area contributed by atoms with Crippen molar-refractivity contribution in [2.24, 2.45) is 5.11 Å². The first-order chi connectivity index (χ1) is 12.3. The zero-order chi connectivity index (χ0) is 19.7. The average Bonchev–Trinajstić information content (AvgIpc) is 2.59. The highest BCUT2D eigenvalue weighted by atomic mass is 31.2. The second-order valence-corrected chi connectivity index (χ2v) is 7.24. The number of hydroxylamine groups is 2. The van der Waals surface area contributed by atoms with Gasteiger partial charge in [0.2, 0.25) is 0 Å². The molecule has 1 heterocycles. The molecule has 0 aromatic heterocycles. The molecule has 0 bridgehead atoms. The molecule has 1 aliphatic heterocycles. The topological polar surface area (TPSA) is 168 Å². The van der Waals surface area contributed by atoms with Crippen molar-refractivity contribution in [2.75, 3.05) is 26.0 Å². The average molecular weight is 392 g/mol. The van der Waals surface area contributed by atoms with Gasteiger partial charge in [0.25, 0.3) is 5.91 Å². The SMILES string of the molecule is CCOP(=O)(CC(=O)ON1C(=O)C(N=[N+]=[N-])C1CCC(=O)CO)OCC. The summed E-state index contributed by atoms with van der Waals surface area (Å²) in [5.41, 5.74) is 8.50. The van der Waals surface area contributed by atoms with E-state index < -0.39 is 50.1 Å². The molecule has 1 saturated heterocycles. The molecule has 26 heavy (non-hydrogen) atoms. The Bertz CT molecular complexity index is 626. The van der Waals surface area contributed by atoms with Crippen LogP contribution in [0.2, 0.25) is 0 Å². The maximum Gasteiger partial charge on any atom is 0.344 e. The number of hydrogen-bond donors (Lipinski definition) is 1. The molecule has 1 amide bonds. The Kier molecular flexibility index (Phi) is 8.70. The highest BCUT2D eigenvalue weighted by Gasteiger charge is 2.50. The summed E-state index contributed by atoms with van der Waals surface area (Å²) in [4.78, 5) is 42.6. The molecule has 1 fully saturated rings. The Hall–Kier alpha value is -1.97. The smallest absolute Gasteiger partial charge is 0.344 e. The summed E-state index contributed by atoms with van der Waals surface area (Å²) < 4.78 is 22.2. The fourth-order valence-electron chi connectivity index (χ4n) is 2.28. The van der Waals surface area contributed by atoms with Gasteiger partial charge in [-0.1, -0.05) is 5.11 Å². The molecule has 0 radical (unpaired) electrons. The number of aliphatic hydroxyl groups is 1. The number of ketones is 1.